The zero-order valence-electron chi connectivity index (χ0n) is 6.68. The first-order valence-electron chi connectivity index (χ1n) is 3.81. The third kappa shape index (κ3) is 1.42. The van der Waals surface area contributed by atoms with E-state index in [-0.39, 0.29) is 18.0 Å². The largest absolute Gasteiger partial charge is 0.485 e. The standard InChI is InChI=1S/C8H8F2N2O/c9-4-1-5(10)8-6(2-4)12-7(11)3-13-8/h1-2,7,12H,3,11H2/t7-/m0/s1. The number of halogens is 2. The molecule has 0 spiro atoms. The van der Waals surface area contributed by atoms with E-state index in [9.17, 15) is 8.78 Å². The van der Waals surface area contributed by atoms with Crippen molar-refractivity contribution in [3.05, 3.63) is 23.8 Å². The molecule has 3 nitrogen and oxygen atoms in total. The Morgan fingerprint density at radius 3 is 3.00 bits per heavy atom. The molecule has 2 rings (SSSR count). The molecule has 1 aliphatic rings. The third-order valence-corrected chi connectivity index (χ3v) is 1.76. The highest BCUT2D eigenvalue weighted by molar-refractivity contribution is 5.59. The Bertz CT molecular complexity index is 343. The molecule has 0 saturated heterocycles. The van der Waals surface area contributed by atoms with Crippen LogP contribution in [0.2, 0.25) is 0 Å². The molecule has 1 aromatic rings. The fourth-order valence-corrected chi connectivity index (χ4v) is 1.23. The summed E-state index contributed by atoms with van der Waals surface area (Å²) in [7, 11) is 0. The van der Waals surface area contributed by atoms with E-state index in [2.05, 4.69) is 5.32 Å². The van der Waals surface area contributed by atoms with Crippen molar-refractivity contribution in [3.8, 4) is 5.75 Å². The van der Waals surface area contributed by atoms with Gasteiger partial charge in [0.15, 0.2) is 11.6 Å². The zero-order chi connectivity index (χ0) is 9.42. The fourth-order valence-electron chi connectivity index (χ4n) is 1.23. The molecule has 0 saturated carbocycles. The summed E-state index contributed by atoms with van der Waals surface area (Å²) < 4.78 is 30.7. The van der Waals surface area contributed by atoms with Gasteiger partial charge in [-0.25, -0.2) is 8.78 Å². The highest BCUT2D eigenvalue weighted by Crippen LogP contribution is 2.31. The first-order valence-corrected chi connectivity index (χ1v) is 3.81. The molecular weight excluding hydrogens is 178 g/mol. The molecule has 3 N–H and O–H groups in total. The number of hydrogen-bond donors (Lipinski definition) is 2. The van der Waals surface area contributed by atoms with Gasteiger partial charge in [0, 0.05) is 12.1 Å². The molecule has 0 bridgehead atoms. The van der Waals surface area contributed by atoms with Crippen molar-refractivity contribution in [3.63, 3.8) is 0 Å². The van der Waals surface area contributed by atoms with Crippen molar-refractivity contribution in [2.24, 2.45) is 5.73 Å². The zero-order valence-corrected chi connectivity index (χ0v) is 6.68. The Morgan fingerprint density at radius 2 is 2.23 bits per heavy atom. The van der Waals surface area contributed by atoms with Crippen molar-refractivity contribution >= 4 is 5.69 Å². The summed E-state index contributed by atoms with van der Waals surface area (Å²) in [6.45, 7) is 0.176. The predicted molar refractivity (Wildman–Crippen MR) is 43.5 cm³/mol. The second-order valence-electron chi connectivity index (χ2n) is 2.83. The van der Waals surface area contributed by atoms with Crippen molar-refractivity contribution in [2.75, 3.05) is 11.9 Å². The summed E-state index contributed by atoms with van der Waals surface area (Å²) in [5.41, 5.74) is 5.73. The Kier molecular flexibility index (Phi) is 1.81. The lowest BCUT2D eigenvalue weighted by Gasteiger charge is -2.24. The lowest BCUT2D eigenvalue weighted by Crippen LogP contribution is -2.39. The number of nitrogens with one attached hydrogen (secondary N) is 1. The monoisotopic (exact) mass is 186 g/mol. The summed E-state index contributed by atoms with van der Waals surface area (Å²) in [4.78, 5) is 0. The van der Waals surface area contributed by atoms with Crippen LogP contribution < -0.4 is 15.8 Å². The van der Waals surface area contributed by atoms with Crippen LogP contribution in [0.15, 0.2) is 12.1 Å². The minimum absolute atomic E-state index is 0.0306. The molecule has 1 aliphatic heterocycles. The predicted octanol–water partition coefficient (Wildman–Crippen LogP) is 1.05. The fraction of sp³-hybridized carbons (Fsp3) is 0.250. The van der Waals surface area contributed by atoms with Gasteiger partial charge in [0.05, 0.1) is 5.69 Å². The smallest absolute Gasteiger partial charge is 0.178 e. The van der Waals surface area contributed by atoms with E-state index in [1.807, 2.05) is 0 Å². The van der Waals surface area contributed by atoms with Gasteiger partial charge in [0.2, 0.25) is 0 Å². The van der Waals surface area contributed by atoms with Gasteiger partial charge in [-0.05, 0) is 0 Å². The Labute approximate surface area is 73.5 Å². The summed E-state index contributed by atoms with van der Waals surface area (Å²) in [5.74, 6) is -1.33. The van der Waals surface area contributed by atoms with Gasteiger partial charge in [-0.1, -0.05) is 0 Å². The lowest BCUT2D eigenvalue weighted by atomic mass is 10.2. The number of ether oxygens (including phenoxy) is 1. The van der Waals surface area contributed by atoms with E-state index >= 15 is 0 Å². The number of nitrogens with two attached hydrogens (primary N) is 1. The van der Waals surface area contributed by atoms with E-state index < -0.39 is 17.8 Å². The maximum Gasteiger partial charge on any atom is 0.178 e. The summed E-state index contributed by atoms with van der Waals surface area (Å²) in [6, 6.07) is 1.93. The summed E-state index contributed by atoms with van der Waals surface area (Å²) in [5, 5.41) is 2.71. The van der Waals surface area contributed by atoms with Crippen LogP contribution in [-0.2, 0) is 0 Å². The first-order chi connectivity index (χ1) is 6.16. The van der Waals surface area contributed by atoms with Gasteiger partial charge >= 0.3 is 0 Å². The third-order valence-electron chi connectivity index (χ3n) is 1.76. The lowest BCUT2D eigenvalue weighted by molar-refractivity contribution is 0.272. The molecule has 0 aromatic heterocycles. The molecule has 1 atom stereocenters. The van der Waals surface area contributed by atoms with Gasteiger partial charge in [0.25, 0.3) is 0 Å². The van der Waals surface area contributed by atoms with Crippen LogP contribution in [0.25, 0.3) is 0 Å². The molecule has 0 aliphatic carbocycles. The molecule has 1 heterocycles. The maximum atomic E-state index is 13.0. The Morgan fingerprint density at radius 1 is 1.46 bits per heavy atom. The Hall–Kier alpha value is -1.36. The van der Waals surface area contributed by atoms with E-state index in [1.165, 1.54) is 0 Å². The minimum atomic E-state index is -0.714. The van der Waals surface area contributed by atoms with Crippen LogP contribution in [0.5, 0.6) is 5.75 Å². The molecule has 0 fully saturated rings. The van der Waals surface area contributed by atoms with Gasteiger partial charge in [0.1, 0.15) is 18.6 Å². The van der Waals surface area contributed by atoms with Crippen molar-refractivity contribution in [1.82, 2.24) is 0 Å². The van der Waals surface area contributed by atoms with Gasteiger partial charge in [-0.2, -0.15) is 0 Å². The molecule has 70 valence electrons. The number of hydrogen-bond acceptors (Lipinski definition) is 3. The van der Waals surface area contributed by atoms with Gasteiger partial charge in [-0.15, -0.1) is 0 Å². The van der Waals surface area contributed by atoms with Crippen molar-refractivity contribution in [2.45, 2.75) is 6.17 Å². The molecular formula is C8H8F2N2O. The SMILES string of the molecule is N[C@@H]1COc2c(F)cc(F)cc2N1. The minimum Gasteiger partial charge on any atom is -0.485 e. The van der Waals surface area contributed by atoms with Crippen LogP contribution in [0.1, 0.15) is 0 Å². The average Bonchev–Trinajstić information content (AvgIpc) is 2.02. The molecule has 0 unspecified atom stereocenters. The second-order valence-corrected chi connectivity index (χ2v) is 2.83. The number of fused-ring (bicyclic) bond motifs is 1. The van der Waals surface area contributed by atoms with E-state index in [4.69, 9.17) is 10.5 Å². The molecule has 0 amide bonds. The van der Waals surface area contributed by atoms with E-state index in [1.54, 1.807) is 0 Å². The molecule has 1 aromatic carbocycles. The van der Waals surface area contributed by atoms with Crippen LogP contribution in [0.3, 0.4) is 0 Å². The first kappa shape index (κ1) is 8.25. The van der Waals surface area contributed by atoms with Crippen LogP contribution in [0, 0.1) is 11.6 Å². The average molecular weight is 186 g/mol. The summed E-state index contributed by atoms with van der Waals surface area (Å²) in [6.07, 6.45) is -0.423. The van der Waals surface area contributed by atoms with Crippen LogP contribution in [0.4, 0.5) is 14.5 Å². The van der Waals surface area contributed by atoms with Crippen molar-refractivity contribution < 1.29 is 13.5 Å². The van der Waals surface area contributed by atoms with Gasteiger partial charge < -0.3 is 15.8 Å². The highest BCUT2D eigenvalue weighted by atomic mass is 19.1. The number of benzene rings is 1. The van der Waals surface area contributed by atoms with Crippen LogP contribution in [-0.4, -0.2) is 12.8 Å². The molecule has 5 heteroatoms. The molecule has 0 radical (unpaired) electrons. The van der Waals surface area contributed by atoms with Gasteiger partial charge in [-0.3, -0.25) is 0 Å². The second kappa shape index (κ2) is 2.85. The number of anilines is 1. The number of rotatable bonds is 0. The normalized spacial score (nSPS) is 20.1. The Balaban J connectivity index is 2.47. The molecule has 13 heavy (non-hydrogen) atoms. The van der Waals surface area contributed by atoms with E-state index in [0.717, 1.165) is 12.1 Å². The topological polar surface area (TPSA) is 47.3 Å². The van der Waals surface area contributed by atoms with Crippen LogP contribution >= 0.6 is 0 Å². The highest BCUT2D eigenvalue weighted by Gasteiger charge is 2.19. The quantitative estimate of drug-likeness (QED) is 0.636. The van der Waals surface area contributed by atoms with Crippen molar-refractivity contribution in [1.29, 1.82) is 0 Å². The van der Waals surface area contributed by atoms with E-state index in [0.29, 0.717) is 0 Å². The summed E-state index contributed by atoms with van der Waals surface area (Å²) >= 11 is 0. The maximum absolute atomic E-state index is 13.0.